The van der Waals surface area contributed by atoms with Crippen LogP contribution in [0.15, 0.2) is 65.6 Å². The second kappa shape index (κ2) is 7.00. The van der Waals surface area contributed by atoms with Crippen molar-refractivity contribution in [2.75, 3.05) is 11.9 Å². The van der Waals surface area contributed by atoms with Crippen LogP contribution in [0.25, 0.3) is 10.9 Å². The number of hydrogen-bond donors (Lipinski definition) is 1. The van der Waals surface area contributed by atoms with E-state index in [-0.39, 0.29) is 17.9 Å². The number of rotatable bonds is 5. The van der Waals surface area contributed by atoms with Crippen LogP contribution in [0.5, 0.6) is 5.75 Å². The van der Waals surface area contributed by atoms with Crippen LogP contribution in [0.2, 0.25) is 0 Å². The lowest BCUT2D eigenvalue weighted by Crippen LogP contribution is -2.20. The van der Waals surface area contributed by atoms with Gasteiger partial charge in [-0.2, -0.15) is 0 Å². The SMILES string of the molecule is CCOc1ccccc1NC(=O)Cn1ccc(=O)c2ccccc21. The van der Waals surface area contributed by atoms with Crippen molar-refractivity contribution in [3.8, 4) is 5.75 Å². The molecule has 1 amide bonds. The maximum Gasteiger partial charge on any atom is 0.244 e. The number of ether oxygens (including phenoxy) is 1. The maximum absolute atomic E-state index is 12.4. The largest absolute Gasteiger partial charge is 0.492 e. The van der Waals surface area contributed by atoms with Gasteiger partial charge < -0.3 is 14.6 Å². The molecule has 1 heterocycles. The van der Waals surface area contributed by atoms with E-state index in [4.69, 9.17) is 4.74 Å². The molecule has 5 heteroatoms. The van der Waals surface area contributed by atoms with Crippen molar-refractivity contribution >= 4 is 22.5 Å². The summed E-state index contributed by atoms with van der Waals surface area (Å²) in [5.41, 5.74) is 1.32. The molecule has 0 radical (unpaired) electrons. The van der Waals surface area contributed by atoms with E-state index in [1.165, 1.54) is 6.07 Å². The van der Waals surface area contributed by atoms with Crippen LogP contribution in [0.1, 0.15) is 6.92 Å². The Balaban J connectivity index is 1.84. The minimum Gasteiger partial charge on any atom is -0.492 e. The van der Waals surface area contributed by atoms with E-state index < -0.39 is 0 Å². The fraction of sp³-hybridized carbons (Fsp3) is 0.158. The number of carbonyl (C=O) groups excluding carboxylic acids is 1. The van der Waals surface area contributed by atoms with Gasteiger partial charge in [0.05, 0.1) is 17.8 Å². The molecule has 0 saturated carbocycles. The molecule has 0 aliphatic heterocycles. The van der Waals surface area contributed by atoms with Crippen LogP contribution in [0.3, 0.4) is 0 Å². The fourth-order valence-corrected chi connectivity index (χ4v) is 2.59. The zero-order valence-corrected chi connectivity index (χ0v) is 13.4. The van der Waals surface area contributed by atoms with Gasteiger partial charge in [0.15, 0.2) is 5.43 Å². The van der Waals surface area contributed by atoms with Crippen molar-refractivity contribution in [1.29, 1.82) is 0 Å². The third kappa shape index (κ3) is 3.30. The van der Waals surface area contributed by atoms with Crippen molar-refractivity contribution in [2.24, 2.45) is 0 Å². The molecule has 2 aromatic carbocycles. The Labute approximate surface area is 139 Å². The first-order valence-corrected chi connectivity index (χ1v) is 7.79. The van der Waals surface area contributed by atoms with E-state index >= 15 is 0 Å². The van der Waals surface area contributed by atoms with E-state index in [0.29, 0.717) is 23.4 Å². The zero-order chi connectivity index (χ0) is 16.9. The molecule has 0 unspecified atom stereocenters. The molecule has 5 nitrogen and oxygen atoms in total. The Kier molecular flexibility index (Phi) is 4.61. The molecular formula is C19H18N2O3. The molecular weight excluding hydrogens is 304 g/mol. The van der Waals surface area contributed by atoms with Crippen LogP contribution in [-0.4, -0.2) is 17.1 Å². The number of benzene rings is 2. The summed E-state index contributed by atoms with van der Waals surface area (Å²) >= 11 is 0. The number of carbonyl (C=O) groups is 1. The number of para-hydroxylation sites is 3. The molecule has 3 rings (SSSR count). The summed E-state index contributed by atoms with van der Waals surface area (Å²) < 4.78 is 7.27. The van der Waals surface area contributed by atoms with E-state index in [0.717, 1.165) is 5.52 Å². The van der Waals surface area contributed by atoms with Crippen molar-refractivity contribution in [3.05, 3.63) is 71.0 Å². The Morgan fingerprint density at radius 1 is 1.08 bits per heavy atom. The lowest BCUT2D eigenvalue weighted by molar-refractivity contribution is -0.116. The maximum atomic E-state index is 12.4. The minimum absolute atomic E-state index is 0.0519. The Morgan fingerprint density at radius 2 is 1.83 bits per heavy atom. The summed E-state index contributed by atoms with van der Waals surface area (Å²) in [4.78, 5) is 24.3. The highest BCUT2D eigenvalue weighted by molar-refractivity contribution is 5.93. The van der Waals surface area contributed by atoms with E-state index in [1.807, 2.05) is 43.3 Å². The number of nitrogens with one attached hydrogen (secondary N) is 1. The molecule has 0 spiro atoms. The number of pyridine rings is 1. The third-order valence-electron chi connectivity index (χ3n) is 3.66. The summed E-state index contributed by atoms with van der Waals surface area (Å²) in [6.45, 7) is 2.53. The first kappa shape index (κ1) is 15.8. The van der Waals surface area contributed by atoms with Crippen LogP contribution in [-0.2, 0) is 11.3 Å². The van der Waals surface area contributed by atoms with Crippen LogP contribution in [0.4, 0.5) is 5.69 Å². The van der Waals surface area contributed by atoms with Gasteiger partial charge in [0.2, 0.25) is 5.91 Å². The second-order valence-corrected chi connectivity index (χ2v) is 5.30. The van der Waals surface area contributed by atoms with Crippen LogP contribution >= 0.6 is 0 Å². The number of nitrogens with zero attached hydrogens (tertiary/aromatic N) is 1. The van der Waals surface area contributed by atoms with Crippen LogP contribution < -0.4 is 15.5 Å². The predicted octanol–water partition coefficient (Wildman–Crippen LogP) is 3.04. The summed E-state index contributed by atoms with van der Waals surface area (Å²) in [5.74, 6) is 0.453. The number of hydrogen-bond acceptors (Lipinski definition) is 3. The molecule has 24 heavy (non-hydrogen) atoms. The molecule has 0 fully saturated rings. The van der Waals surface area contributed by atoms with Gasteiger partial charge in [-0.3, -0.25) is 9.59 Å². The number of anilines is 1. The lowest BCUT2D eigenvalue weighted by Gasteiger charge is -2.13. The first-order chi connectivity index (χ1) is 11.7. The summed E-state index contributed by atoms with van der Waals surface area (Å²) in [6, 6.07) is 16.0. The molecule has 1 N–H and O–H groups in total. The smallest absolute Gasteiger partial charge is 0.244 e. The van der Waals surface area contributed by atoms with Crippen molar-refractivity contribution < 1.29 is 9.53 Å². The number of aromatic nitrogens is 1. The predicted molar refractivity (Wildman–Crippen MR) is 94.4 cm³/mol. The van der Waals surface area contributed by atoms with Gasteiger partial charge in [0.25, 0.3) is 0 Å². The lowest BCUT2D eigenvalue weighted by atomic mass is 10.2. The molecule has 1 aromatic heterocycles. The minimum atomic E-state index is -0.184. The van der Waals surface area contributed by atoms with Gasteiger partial charge in [-0.25, -0.2) is 0 Å². The van der Waals surface area contributed by atoms with Crippen molar-refractivity contribution in [3.63, 3.8) is 0 Å². The molecule has 0 bridgehead atoms. The van der Waals surface area contributed by atoms with E-state index in [2.05, 4.69) is 5.32 Å². The molecule has 0 atom stereocenters. The average molecular weight is 322 g/mol. The van der Waals surface area contributed by atoms with Crippen molar-refractivity contribution in [1.82, 2.24) is 4.57 Å². The topological polar surface area (TPSA) is 60.3 Å². The quantitative estimate of drug-likeness (QED) is 0.785. The van der Waals surface area contributed by atoms with Gasteiger partial charge in [-0.1, -0.05) is 24.3 Å². The molecule has 0 aliphatic rings. The highest BCUT2D eigenvalue weighted by Gasteiger charge is 2.09. The Bertz CT molecular complexity index is 931. The van der Waals surface area contributed by atoms with E-state index in [1.54, 1.807) is 22.9 Å². The summed E-state index contributed by atoms with van der Waals surface area (Å²) in [5, 5.41) is 3.46. The molecule has 3 aromatic rings. The molecule has 0 aliphatic carbocycles. The number of fused-ring (bicyclic) bond motifs is 1. The molecule has 0 saturated heterocycles. The van der Waals surface area contributed by atoms with Gasteiger partial charge in [-0.15, -0.1) is 0 Å². The average Bonchev–Trinajstić information content (AvgIpc) is 2.60. The van der Waals surface area contributed by atoms with Gasteiger partial charge in [0.1, 0.15) is 12.3 Å². The summed E-state index contributed by atoms with van der Waals surface area (Å²) in [6.07, 6.45) is 1.64. The van der Waals surface area contributed by atoms with Gasteiger partial charge >= 0.3 is 0 Å². The van der Waals surface area contributed by atoms with Crippen LogP contribution in [0, 0.1) is 0 Å². The number of amides is 1. The summed E-state index contributed by atoms with van der Waals surface area (Å²) in [7, 11) is 0. The van der Waals surface area contributed by atoms with Gasteiger partial charge in [0, 0.05) is 17.6 Å². The van der Waals surface area contributed by atoms with Crippen molar-refractivity contribution in [2.45, 2.75) is 13.5 Å². The highest BCUT2D eigenvalue weighted by Crippen LogP contribution is 2.23. The van der Waals surface area contributed by atoms with E-state index in [9.17, 15) is 9.59 Å². The normalized spacial score (nSPS) is 10.5. The Hall–Kier alpha value is -3.08. The van der Waals surface area contributed by atoms with Gasteiger partial charge in [-0.05, 0) is 31.2 Å². The highest BCUT2D eigenvalue weighted by atomic mass is 16.5. The Morgan fingerprint density at radius 3 is 2.67 bits per heavy atom. The monoisotopic (exact) mass is 322 g/mol. The third-order valence-corrected chi connectivity index (χ3v) is 3.66. The zero-order valence-electron chi connectivity index (χ0n) is 13.4. The fourth-order valence-electron chi connectivity index (χ4n) is 2.59. The first-order valence-electron chi connectivity index (χ1n) is 7.79. The standard InChI is InChI=1S/C19H18N2O3/c1-2-24-18-10-6-4-8-15(18)20-19(23)13-21-12-11-17(22)14-7-3-5-9-16(14)21/h3-12H,2,13H2,1H3,(H,20,23). The molecule has 122 valence electrons. The second-order valence-electron chi connectivity index (χ2n) is 5.30.